The maximum absolute atomic E-state index is 13.9. The van der Waals surface area contributed by atoms with Gasteiger partial charge in [-0.15, -0.1) is 0 Å². The SMILES string of the molecule is CCOc1cc(/C=N\NC(=O)CSc2nc(C)cc(C)n2)cc(I)c1OCc1ccccc1F. The molecule has 3 aromatic rings. The highest BCUT2D eigenvalue weighted by molar-refractivity contribution is 14.1. The second-order valence-electron chi connectivity index (χ2n) is 7.16. The number of aryl methyl sites for hydroxylation is 2. The first-order chi connectivity index (χ1) is 16.4. The molecule has 1 N–H and O–H groups in total. The zero-order valence-electron chi connectivity index (χ0n) is 19.0. The maximum atomic E-state index is 13.9. The van der Waals surface area contributed by atoms with Crippen molar-refractivity contribution in [1.29, 1.82) is 0 Å². The van der Waals surface area contributed by atoms with Gasteiger partial charge in [-0.25, -0.2) is 19.8 Å². The fraction of sp³-hybridized carbons (Fsp3) is 0.250. The van der Waals surface area contributed by atoms with Crippen molar-refractivity contribution in [2.45, 2.75) is 32.5 Å². The minimum Gasteiger partial charge on any atom is -0.490 e. The topological polar surface area (TPSA) is 85.7 Å². The van der Waals surface area contributed by atoms with Crippen molar-refractivity contribution >= 4 is 46.5 Å². The number of thioether (sulfide) groups is 1. The van der Waals surface area contributed by atoms with Gasteiger partial charge < -0.3 is 9.47 Å². The number of amides is 1. The second-order valence-corrected chi connectivity index (χ2v) is 9.26. The maximum Gasteiger partial charge on any atom is 0.250 e. The zero-order chi connectivity index (χ0) is 24.5. The molecule has 0 fully saturated rings. The first-order valence-corrected chi connectivity index (χ1v) is 12.5. The van der Waals surface area contributed by atoms with Crippen LogP contribution in [-0.2, 0) is 11.4 Å². The molecule has 34 heavy (non-hydrogen) atoms. The molecule has 0 spiro atoms. The van der Waals surface area contributed by atoms with Gasteiger partial charge >= 0.3 is 0 Å². The van der Waals surface area contributed by atoms with Gasteiger partial charge in [0.2, 0.25) is 0 Å². The first-order valence-electron chi connectivity index (χ1n) is 10.4. The van der Waals surface area contributed by atoms with E-state index in [0.29, 0.717) is 28.8 Å². The molecule has 2 aromatic carbocycles. The number of hydrazone groups is 1. The molecule has 10 heteroatoms. The molecular weight excluding hydrogens is 570 g/mol. The summed E-state index contributed by atoms with van der Waals surface area (Å²) in [6.07, 6.45) is 1.53. The van der Waals surface area contributed by atoms with E-state index < -0.39 is 0 Å². The van der Waals surface area contributed by atoms with Gasteiger partial charge in [0.15, 0.2) is 16.7 Å². The van der Waals surface area contributed by atoms with Gasteiger partial charge in [-0.1, -0.05) is 30.0 Å². The van der Waals surface area contributed by atoms with Crippen LogP contribution in [-0.4, -0.2) is 34.4 Å². The minimum atomic E-state index is -0.322. The van der Waals surface area contributed by atoms with Crippen molar-refractivity contribution < 1.29 is 18.7 Å². The minimum absolute atomic E-state index is 0.0775. The highest BCUT2D eigenvalue weighted by Crippen LogP contribution is 2.34. The molecule has 1 aromatic heterocycles. The molecule has 0 aliphatic rings. The molecule has 0 radical (unpaired) electrons. The number of benzene rings is 2. The van der Waals surface area contributed by atoms with Crippen LogP contribution < -0.4 is 14.9 Å². The highest BCUT2D eigenvalue weighted by atomic mass is 127. The number of ether oxygens (including phenoxy) is 2. The lowest BCUT2D eigenvalue weighted by atomic mass is 10.2. The van der Waals surface area contributed by atoms with E-state index in [-0.39, 0.29) is 24.1 Å². The summed E-state index contributed by atoms with van der Waals surface area (Å²) in [4.78, 5) is 20.7. The number of halogens is 2. The van der Waals surface area contributed by atoms with Crippen LogP contribution in [0.4, 0.5) is 4.39 Å². The third kappa shape index (κ3) is 7.66. The fourth-order valence-electron chi connectivity index (χ4n) is 2.93. The number of rotatable bonds is 10. The van der Waals surface area contributed by atoms with Crippen LogP contribution in [0.3, 0.4) is 0 Å². The summed E-state index contributed by atoms with van der Waals surface area (Å²) in [5.41, 5.74) is 5.39. The largest absolute Gasteiger partial charge is 0.490 e. The van der Waals surface area contributed by atoms with Gasteiger partial charge in [-0.3, -0.25) is 4.79 Å². The Hall–Kier alpha value is -2.73. The first kappa shape index (κ1) is 25.9. The average molecular weight is 594 g/mol. The molecule has 0 bridgehead atoms. The Morgan fingerprint density at radius 2 is 1.91 bits per heavy atom. The van der Waals surface area contributed by atoms with E-state index in [4.69, 9.17) is 9.47 Å². The Labute approximate surface area is 215 Å². The normalized spacial score (nSPS) is 11.0. The van der Waals surface area contributed by atoms with Crippen LogP contribution in [0.5, 0.6) is 11.5 Å². The molecule has 0 atom stereocenters. The van der Waals surface area contributed by atoms with Crippen LogP contribution in [0.1, 0.15) is 29.4 Å². The quantitative estimate of drug-likeness (QED) is 0.116. The smallest absolute Gasteiger partial charge is 0.250 e. The van der Waals surface area contributed by atoms with E-state index in [2.05, 4.69) is 43.1 Å². The number of aromatic nitrogens is 2. The predicted molar refractivity (Wildman–Crippen MR) is 139 cm³/mol. The van der Waals surface area contributed by atoms with Crippen LogP contribution in [0.15, 0.2) is 52.7 Å². The summed E-state index contributed by atoms with van der Waals surface area (Å²) in [5, 5.41) is 4.59. The number of nitrogens with zero attached hydrogens (tertiary/aromatic N) is 3. The molecule has 0 aliphatic carbocycles. The van der Waals surface area contributed by atoms with Gasteiger partial charge in [0.1, 0.15) is 12.4 Å². The lowest BCUT2D eigenvalue weighted by Gasteiger charge is -2.15. The molecule has 7 nitrogen and oxygen atoms in total. The highest BCUT2D eigenvalue weighted by Gasteiger charge is 2.13. The second kappa shape index (κ2) is 12.7. The van der Waals surface area contributed by atoms with Crippen LogP contribution >= 0.6 is 34.4 Å². The van der Waals surface area contributed by atoms with E-state index in [0.717, 1.165) is 20.5 Å². The third-order valence-electron chi connectivity index (χ3n) is 4.36. The molecule has 1 amide bonds. The van der Waals surface area contributed by atoms with Crippen molar-refractivity contribution in [3.8, 4) is 11.5 Å². The standard InChI is InChI=1S/C24H24FIN4O3S/c1-4-32-21-11-17(10-20(26)23(21)33-13-18-7-5-6-8-19(18)25)12-27-30-22(31)14-34-24-28-15(2)9-16(3)29-24/h5-12H,4,13-14H2,1-3H3,(H,30,31)/b27-12-. The number of carbonyl (C=O) groups excluding carboxylic acids is 1. The van der Waals surface area contributed by atoms with Crippen LogP contribution in [0.2, 0.25) is 0 Å². The summed E-state index contributed by atoms with van der Waals surface area (Å²) in [6.45, 7) is 6.15. The molecular formula is C24H24FIN4O3S. The van der Waals surface area contributed by atoms with Crippen molar-refractivity contribution in [1.82, 2.24) is 15.4 Å². The Bertz CT molecular complexity index is 1170. The Kier molecular flexibility index (Phi) is 9.63. The third-order valence-corrected chi connectivity index (χ3v) is 6.01. The van der Waals surface area contributed by atoms with Gasteiger partial charge in [-0.2, -0.15) is 5.10 Å². The fourth-order valence-corrected chi connectivity index (χ4v) is 4.45. The van der Waals surface area contributed by atoms with Gasteiger partial charge in [-0.05, 0) is 73.2 Å². The number of hydrogen-bond acceptors (Lipinski definition) is 7. The molecule has 1 heterocycles. The van der Waals surface area contributed by atoms with E-state index in [9.17, 15) is 9.18 Å². The molecule has 3 rings (SSSR count). The Morgan fingerprint density at radius 1 is 1.18 bits per heavy atom. The van der Waals surface area contributed by atoms with Gasteiger partial charge in [0.05, 0.1) is 22.1 Å². The molecule has 0 saturated heterocycles. The monoisotopic (exact) mass is 594 g/mol. The Morgan fingerprint density at radius 3 is 2.62 bits per heavy atom. The molecule has 0 unspecified atom stereocenters. The predicted octanol–water partition coefficient (Wildman–Crippen LogP) is 5.06. The summed E-state index contributed by atoms with van der Waals surface area (Å²) in [6, 6.07) is 12.0. The molecule has 0 saturated carbocycles. The average Bonchev–Trinajstić information content (AvgIpc) is 2.78. The lowest BCUT2D eigenvalue weighted by molar-refractivity contribution is -0.118. The Balaban J connectivity index is 1.62. The van der Waals surface area contributed by atoms with Crippen molar-refractivity contribution in [3.05, 3.63) is 74.4 Å². The summed E-state index contributed by atoms with van der Waals surface area (Å²) < 4.78 is 26.3. The van der Waals surface area contributed by atoms with E-state index in [1.54, 1.807) is 24.3 Å². The van der Waals surface area contributed by atoms with Crippen LogP contribution in [0.25, 0.3) is 0 Å². The van der Waals surface area contributed by atoms with E-state index in [1.807, 2.05) is 32.9 Å². The number of carbonyl (C=O) groups is 1. The van der Waals surface area contributed by atoms with E-state index >= 15 is 0 Å². The van der Waals surface area contributed by atoms with Crippen molar-refractivity contribution in [3.63, 3.8) is 0 Å². The number of hydrogen-bond donors (Lipinski definition) is 1. The molecule has 178 valence electrons. The summed E-state index contributed by atoms with van der Waals surface area (Å²) in [5.74, 6) is 0.591. The van der Waals surface area contributed by atoms with Crippen molar-refractivity contribution in [2.75, 3.05) is 12.4 Å². The molecule has 0 aliphatic heterocycles. The summed E-state index contributed by atoms with van der Waals surface area (Å²) in [7, 11) is 0. The zero-order valence-corrected chi connectivity index (χ0v) is 21.9. The van der Waals surface area contributed by atoms with Gasteiger partial charge in [0.25, 0.3) is 5.91 Å². The van der Waals surface area contributed by atoms with Crippen molar-refractivity contribution in [2.24, 2.45) is 5.10 Å². The van der Waals surface area contributed by atoms with E-state index in [1.165, 1.54) is 24.0 Å². The van der Waals surface area contributed by atoms with Crippen LogP contribution in [0, 0.1) is 23.2 Å². The number of nitrogens with one attached hydrogen (secondary N) is 1. The summed E-state index contributed by atoms with van der Waals surface area (Å²) >= 11 is 3.38. The van der Waals surface area contributed by atoms with Gasteiger partial charge in [0, 0.05) is 17.0 Å². The lowest BCUT2D eigenvalue weighted by Crippen LogP contribution is -2.19.